The maximum absolute atomic E-state index is 4.94. The Labute approximate surface area is 210 Å². The Hall–Kier alpha value is -1.98. The number of halogens is 1. The third kappa shape index (κ3) is 7.28. The van der Waals surface area contributed by atoms with Crippen molar-refractivity contribution in [3.8, 4) is 0 Å². The molecule has 0 amide bonds. The van der Waals surface area contributed by atoms with Crippen LogP contribution in [0.3, 0.4) is 0 Å². The number of aliphatic imine (C=N–C) groups is 1. The highest BCUT2D eigenvalue weighted by Crippen LogP contribution is 2.14. The number of aromatic nitrogens is 2. The van der Waals surface area contributed by atoms with Crippen LogP contribution in [0, 0.1) is 0 Å². The van der Waals surface area contributed by atoms with Gasteiger partial charge in [-0.25, -0.2) is 9.98 Å². The highest BCUT2D eigenvalue weighted by molar-refractivity contribution is 14.0. The van der Waals surface area contributed by atoms with E-state index in [1.807, 2.05) is 6.07 Å². The second-order valence-electron chi connectivity index (χ2n) is 7.64. The van der Waals surface area contributed by atoms with Crippen LogP contribution >= 0.6 is 35.3 Å². The minimum absolute atomic E-state index is 0. The van der Waals surface area contributed by atoms with Gasteiger partial charge in [0.2, 0.25) is 0 Å². The van der Waals surface area contributed by atoms with Crippen molar-refractivity contribution in [3.05, 3.63) is 70.0 Å². The van der Waals surface area contributed by atoms with Gasteiger partial charge in [-0.2, -0.15) is 0 Å². The van der Waals surface area contributed by atoms with Crippen molar-refractivity contribution >= 4 is 41.3 Å². The molecule has 2 aromatic heterocycles. The number of nitrogens with zero attached hydrogens (tertiary/aromatic N) is 5. The summed E-state index contributed by atoms with van der Waals surface area (Å²) >= 11 is 1.74. The number of hydrogen-bond acceptors (Lipinski definition) is 6. The van der Waals surface area contributed by atoms with E-state index in [0.717, 1.165) is 69.5 Å². The fourth-order valence-corrected chi connectivity index (χ4v) is 4.47. The highest BCUT2D eigenvalue weighted by Gasteiger charge is 2.20. The molecule has 0 aliphatic carbocycles. The van der Waals surface area contributed by atoms with Gasteiger partial charge in [-0.1, -0.05) is 35.5 Å². The minimum atomic E-state index is 0. The summed E-state index contributed by atoms with van der Waals surface area (Å²) in [6.07, 6.45) is 3.64. The molecule has 0 spiro atoms. The molecule has 1 aliphatic rings. The predicted molar refractivity (Wildman–Crippen MR) is 140 cm³/mol. The lowest BCUT2D eigenvalue weighted by Crippen LogP contribution is -2.52. The lowest BCUT2D eigenvalue weighted by molar-refractivity contribution is 0.169. The van der Waals surface area contributed by atoms with Crippen LogP contribution in [0.25, 0.3) is 0 Å². The molecule has 0 atom stereocenters. The Morgan fingerprint density at radius 2 is 1.91 bits per heavy atom. The van der Waals surface area contributed by atoms with Crippen molar-refractivity contribution in [3.63, 3.8) is 0 Å². The van der Waals surface area contributed by atoms with Crippen molar-refractivity contribution in [1.82, 2.24) is 25.3 Å². The van der Waals surface area contributed by atoms with E-state index < -0.39 is 0 Å². The second kappa shape index (κ2) is 12.9. The molecule has 0 unspecified atom stereocenters. The average molecular weight is 567 g/mol. The number of guanidine groups is 1. The number of piperazine rings is 1. The molecule has 1 aliphatic heterocycles. The smallest absolute Gasteiger partial charge is 0.194 e. The Morgan fingerprint density at radius 3 is 2.62 bits per heavy atom. The first-order valence-corrected chi connectivity index (χ1v) is 11.8. The Kier molecular flexibility index (Phi) is 9.94. The van der Waals surface area contributed by atoms with Gasteiger partial charge in [-0.05, 0) is 18.9 Å². The van der Waals surface area contributed by atoms with Crippen molar-refractivity contribution in [2.24, 2.45) is 4.99 Å². The number of thiazole rings is 1. The van der Waals surface area contributed by atoms with Crippen molar-refractivity contribution in [2.45, 2.75) is 32.9 Å². The highest BCUT2D eigenvalue weighted by atomic mass is 127. The van der Waals surface area contributed by atoms with E-state index in [0.29, 0.717) is 6.54 Å². The Bertz CT molecular complexity index is 939. The Morgan fingerprint density at radius 1 is 1.09 bits per heavy atom. The van der Waals surface area contributed by atoms with Gasteiger partial charge in [0.1, 0.15) is 6.26 Å². The van der Waals surface area contributed by atoms with Crippen molar-refractivity contribution < 1.29 is 4.52 Å². The van der Waals surface area contributed by atoms with E-state index in [4.69, 9.17) is 14.5 Å². The van der Waals surface area contributed by atoms with Gasteiger partial charge in [-0.3, -0.25) is 4.90 Å². The molecule has 9 heteroatoms. The first kappa shape index (κ1) is 24.7. The van der Waals surface area contributed by atoms with Gasteiger partial charge in [-0.15, -0.1) is 35.3 Å². The maximum atomic E-state index is 4.94. The molecule has 3 heterocycles. The second-order valence-corrected chi connectivity index (χ2v) is 8.58. The normalized spacial score (nSPS) is 14.9. The van der Waals surface area contributed by atoms with Crippen LogP contribution < -0.4 is 5.32 Å². The molecule has 1 aromatic carbocycles. The molecule has 0 radical (unpaired) electrons. The molecule has 1 saturated heterocycles. The van der Waals surface area contributed by atoms with Crippen LogP contribution in [-0.4, -0.2) is 58.6 Å². The number of nitrogens with one attached hydrogen (secondary N) is 1. The topological polar surface area (TPSA) is 69.8 Å². The minimum Gasteiger partial charge on any atom is -0.364 e. The molecule has 32 heavy (non-hydrogen) atoms. The molecule has 4 rings (SSSR count). The zero-order valence-corrected chi connectivity index (χ0v) is 21.6. The van der Waals surface area contributed by atoms with E-state index in [1.165, 1.54) is 10.6 Å². The predicted octanol–water partition coefficient (Wildman–Crippen LogP) is 3.82. The summed E-state index contributed by atoms with van der Waals surface area (Å²) in [6, 6.07) is 12.5. The number of rotatable bonds is 8. The monoisotopic (exact) mass is 566 g/mol. The van der Waals surface area contributed by atoms with Gasteiger partial charge >= 0.3 is 0 Å². The van der Waals surface area contributed by atoms with E-state index in [-0.39, 0.29) is 24.0 Å². The summed E-state index contributed by atoms with van der Waals surface area (Å²) < 4.78 is 4.94. The maximum Gasteiger partial charge on any atom is 0.194 e. The van der Waals surface area contributed by atoms with Crippen LogP contribution in [0.2, 0.25) is 0 Å². The van der Waals surface area contributed by atoms with E-state index in [2.05, 4.69) is 62.9 Å². The molecular formula is C23H31IN6OS. The zero-order valence-electron chi connectivity index (χ0n) is 18.4. The van der Waals surface area contributed by atoms with Crippen LogP contribution in [0.15, 0.2) is 57.6 Å². The molecule has 0 bridgehead atoms. The van der Waals surface area contributed by atoms with Crippen LogP contribution in [0.1, 0.15) is 28.9 Å². The third-order valence-electron chi connectivity index (χ3n) is 5.34. The molecule has 1 N–H and O–H groups in total. The fourth-order valence-electron chi connectivity index (χ4n) is 3.68. The lowest BCUT2D eigenvalue weighted by atomic mass is 10.1. The number of hydrogen-bond donors (Lipinski definition) is 1. The largest absolute Gasteiger partial charge is 0.364 e. The van der Waals surface area contributed by atoms with Crippen LogP contribution in [-0.2, 0) is 25.9 Å². The first-order chi connectivity index (χ1) is 15.3. The molecule has 172 valence electrons. The molecular weight excluding hydrogens is 535 g/mol. The average Bonchev–Trinajstić information content (AvgIpc) is 3.49. The first-order valence-electron chi connectivity index (χ1n) is 10.9. The molecule has 0 saturated carbocycles. The SMILES string of the molecule is CCNC(=NCc1csc(CCc2ccccc2)n1)N1CCN(Cc2ccon2)CC1.I. The van der Waals surface area contributed by atoms with E-state index in [1.54, 1.807) is 17.6 Å². The van der Waals surface area contributed by atoms with Gasteiger partial charge in [0.15, 0.2) is 5.96 Å². The lowest BCUT2D eigenvalue weighted by Gasteiger charge is -2.36. The quantitative estimate of drug-likeness (QED) is 0.254. The van der Waals surface area contributed by atoms with Crippen molar-refractivity contribution in [1.29, 1.82) is 0 Å². The van der Waals surface area contributed by atoms with Crippen LogP contribution in [0.5, 0.6) is 0 Å². The van der Waals surface area contributed by atoms with Gasteiger partial charge < -0.3 is 14.7 Å². The van der Waals surface area contributed by atoms with Crippen LogP contribution in [0.4, 0.5) is 0 Å². The number of benzene rings is 1. The molecule has 3 aromatic rings. The van der Waals surface area contributed by atoms with Gasteiger partial charge in [0.05, 0.1) is 22.9 Å². The molecule has 1 fully saturated rings. The molecule has 7 nitrogen and oxygen atoms in total. The summed E-state index contributed by atoms with van der Waals surface area (Å²) in [5, 5.41) is 10.8. The van der Waals surface area contributed by atoms with E-state index >= 15 is 0 Å². The van der Waals surface area contributed by atoms with Gasteiger partial charge in [0.25, 0.3) is 0 Å². The standard InChI is InChI=1S/C23H30N6OS.HI/c1-2-24-23(29-13-11-28(12-14-29)17-20-10-15-30-27-20)25-16-21-18-31-22(26-21)9-8-19-6-4-3-5-7-19;/h3-7,10,15,18H,2,8-9,11-14,16-17H2,1H3,(H,24,25);1H. The zero-order chi connectivity index (χ0) is 21.3. The third-order valence-corrected chi connectivity index (χ3v) is 6.30. The van der Waals surface area contributed by atoms with E-state index in [9.17, 15) is 0 Å². The van der Waals surface area contributed by atoms with Crippen molar-refractivity contribution in [2.75, 3.05) is 32.7 Å². The Balaban J connectivity index is 0.00000289. The number of aryl methyl sites for hydroxylation is 2. The summed E-state index contributed by atoms with van der Waals surface area (Å²) in [7, 11) is 0. The van der Waals surface area contributed by atoms with Gasteiger partial charge in [0, 0.05) is 57.1 Å². The fraction of sp³-hybridized carbons (Fsp3) is 0.435. The summed E-state index contributed by atoms with van der Waals surface area (Å²) in [4.78, 5) is 14.4. The summed E-state index contributed by atoms with van der Waals surface area (Å²) in [6.45, 7) is 8.28. The summed E-state index contributed by atoms with van der Waals surface area (Å²) in [5.74, 6) is 0.974. The summed E-state index contributed by atoms with van der Waals surface area (Å²) in [5.41, 5.74) is 3.39.